The summed E-state index contributed by atoms with van der Waals surface area (Å²) in [5.74, 6) is 0. The van der Waals surface area contributed by atoms with Crippen LogP contribution in [-0.4, -0.2) is 19.9 Å². The summed E-state index contributed by atoms with van der Waals surface area (Å²) in [5.41, 5.74) is 0.678. The number of sulfonamides is 1. The third-order valence-corrected chi connectivity index (χ3v) is 4.15. The van der Waals surface area contributed by atoms with Gasteiger partial charge in [-0.3, -0.25) is 0 Å². The number of aromatic nitrogens is 1. The average molecular weight is 285 g/mol. The lowest BCUT2D eigenvalue weighted by atomic mass is 10.2. The van der Waals surface area contributed by atoms with E-state index in [4.69, 9.17) is 11.6 Å². The predicted molar refractivity (Wildman–Crippen MR) is 72.2 cm³/mol. The number of fused-ring (bicyclic) bond motifs is 1. The van der Waals surface area contributed by atoms with Gasteiger partial charge in [-0.1, -0.05) is 18.5 Å². The van der Waals surface area contributed by atoms with Crippen molar-refractivity contribution < 1.29 is 8.42 Å². The highest BCUT2D eigenvalue weighted by molar-refractivity contribution is 7.89. The van der Waals surface area contributed by atoms with E-state index in [1.54, 1.807) is 24.3 Å². The molecule has 0 amide bonds. The number of hydrogen-bond donors (Lipinski definition) is 1. The summed E-state index contributed by atoms with van der Waals surface area (Å²) < 4.78 is 26.4. The van der Waals surface area contributed by atoms with E-state index in [9.17, 15) is 8.42 Å². The Morgan fingerprint density at radius 2 is 2.06 bits per heavy atom. The third-order valence-electron chi connectivity index (χ3n) is 2.48. The van der Waals surface area contributed by atoms with Crippen LogP contribution in [0.1, 0.15) is 13.3 Å². The second-order valence-electron chi connectivity index (χ2n) is 3.89. The number of hydrogen-bond acceptors (Lipinski definition) is 3. The van der Waals surface area contributed by atoms with Gasteiger partial charge in [-0.05, 0) is 36.8 Å². The highest BCUT2D eigenvalue weighted by Crippen LogP contribution is 2.19. The molecule has 0 saturated carbocycles. The van der Waals surface area contributed by atoms with Crippen molar-refractivity contribution in [3.63, 3.8) is 0 Å². The average Bonchev–Trinajstić information content (AvgIpc) is 2.35. The summed E-state index contributed by atoms with van der Waals surface area (Å²) in [5, 5.41) is 1.14. The van der Waals surface area contributed by atoms with E-state index < -0.39 is 10.0 Å². The van der Waals surface area contributed by atoms with Crippen LogP contribution in [0.25, 0.3) is 10.9 Å². The lowest BCUT2D eigenvalue weighted by molar-refractivity contribution is 0.581. The fraction of sp³-hybridized carbons (Fsp3) is 0.250. The van der Waals surface area contributed by atoms with E-state index in [1.807, 2.05) is 6.92 Å². The molecule has 0 unspecified atom stereocenters. The molecule has 1 N–H and O–H groups in total. The second-order valence-corrected chi connectivity index (χ2v) is 6.04. The Kier molecular flexibility index (Phi) is 3.85. The summed E-state index contributed by atoms with van der Waals surface area (Å²) in [6.07, 6.45) is 0.754. The minimum Gasteiger partial charge on any atom is -0.236 e. The van der Waals surface area contributed by atoms with Crippen LogP contribution < -0.4 is 4.72 Å². The Labute approximate surface area is 111 Å². The van der Waals surface area contributed by atoms with Gasteiger partial charge in [0.15, 0.2) is 0 Å². The van der Waals surface area contributed by atoms with Gasteiger partial charge in [-0.25, -0.2) is 18.1 Å². The molecule has 0 aliphatic carbocycles. The largest absolute Gasteiger partial charge is 0.240 e. The monoisotopic (exact) mass is 284 g/mol. The van der Waals surface area contributed by atoms with Crippen LogP contribution in [0.2, 0.25) is 5.15 Å². The van der Waals surface area contributed by atoms with Gasteiger partial charge < -0.3 is 0 Å². The van der Waals surface area contributed by atoms with Gasteiger partial charge >= 0.3 is 0 Å². The fourth-order valence-corrected chi connectivity index (χ4v) is 2.89. The van der Waals surface area contributed by atoms with E-state index in [1.165, 1.54) is 6.07 Å². The minimum absolute atomic E-state index is 0.243. The molecule has 0 aliphatic rings. The molecule has 0 bridgehead atoms. The van der Waals surface area contributed by atoms with Crippen LogP contribution in [0, 0.1) is 0 Å². The van der Waals surface area contributed by atoms with Crippen molar-refractivity contribution in [2.75, 3.05) is 6.54 Å². The van der Waals surface area contributed by atoms with Gasteiger partial charge in [0.05, 0.1) is 10.4 Å². The Hall–Kier alpha value is -1.17. The quantitative estimate of drug-likeness (QED) is 0.878. The van der Waals surface area contributed by atoms with E-state index in [-0.39, 0.29) is 4.90 Å². The van der Waals surface area contributed by atoms with Crippen LogP contribution in [0.5, 0.6) is 0 Å². The molecular weight excluding hydrogens is 272 g/mol. The molecule has 0 saturated heterocycles. The zero-order valence-electron chi connectivity index (χ0n) is 9.85. The summed E-state index contributed by atoms with van der Waals surface area (Å²) in [7, 11) is -3.43. The van der Waals surface area contributed by atoms with Crippen LogP contribution in [0.4, 0.5) is 0 Å². The van der Waals surface area contributed by atoms with Crippen LogP contribution in [0.15, 0.2) is 35.2 Å². The molecule has 2 aromatic rings. The van der Waals surface area contributed by atoms with E-state index in [2.05, 4.69) is 9.71 Å². The standard InChI is InChI=1S/C12H13ClN2O2S/c1-2-7-14-18(16,17)10-4-5-11-9(8-10)3-6-12(13)15-11/h3-6,8,14H,2,7H2,1H3. The van der Waals surface area contributed by atoms with E-state index >= 15 is 0 Å². The molecule has 1 aromatic carbocycles. The van der Waals surface area contributed by atoms with Crippen LogP contribution in [-0.2, 0) is 10.0 Å². The summed E-state index contributed by atoms with van der Waals surface area (Å²) in [6.45, 7) is 2.34. The smallest absolute Gasteiger partial charge is 0.236 e. The Bertz CT molecular complexity index is 671. The zero-order valence-corrected chi connectivity index (χ0v) is 11.4. The maximum atomic E-state index is 11.9. The molecule has 2 rings (SSSR count). The van der Waals surface area contributed by atoms with E-state index in [0.717, 1.165) is 11.8 Å². The highest BCUT2D eigenvalue weighted by Gasteiger charge is 2.13. The highest BCUT2D eigenvalue weighted by atomic mass is 35.5. The zero-order chi connectivity index (χ0) is 13.2. The number of nitrogens with zero attached hydrogens (tertiary/aromatic N) is 1. The van der Waals surface area contributed by atoms with Crippen molar-refractivity contribution in [1.29, 1.82) is 0 Å². The molecular formula is C12H13ClN2O2S. The van der Waals surface area contributed by atoms with Crippen LogP contribution in [0.3, 0.4) is 0 Å². The van der Waals surface area contributed by atoms with Gasteiger partial charge in [0, 0.05) is 11.9 Å². The predicted octanol–water partition coefficient (Wildman–Crippen LogP) is 2.58. The second kappa shape index (κ2) is 5.22. The van der Waals surface area contributed by atoms with Gasteiger partial charge in [0.1, 0.15) is 5.15 Å². The first-order valence-electron chi connectivity index (χ1n) is 5.59. The normalized spacial score (nSPS) is 11.9. The minimum atomic E-state index is -3.43. The fourth-order valence-electron chi connectivity index (χ4n) is 1.57. The molecule has 18 heavy (non-hydrogen) atoms. The van der Waals surface area contributed by atoms with Crippen molar-refractivity contribution in [3.05, 3.63) is 35.5 Å². The summed E-state index contributed by atoms with van der Waals surface area (Å²) >= 11 is 5.78. The SMILES string of the molecule is CCCNS(=O)(=O)c1ccc2nc(Cl)ccc2c1. The maximum Gasteiger partial charge on any atom is 0.240 e. The van der Waals surface area contributed by atoms with Crippen LogP contribution >= 0.6 is 11.6 Å². The molecule has 1 heterocycles. The lowest BCUT2D eigenvalue weighted by Crippen LogP contribution is -2.24. The Morgan fingerprint density at radius 3 is 2.78 bits per heavy atom. The molecule has 0 radical (unpaired) electrons. The van der Waals surface area contributed by atoms with Crippen molar-refractivity contribution in [2.24, 2.45) is 0 Å². The molecule has 0 atom stereocenters. The molecule has 1 aromatic heterocycles. The Morgan fingerprint density at radius 1 is 1.28 bits per heavy atom. The van der Waals surface area contributed by atoms with Gasteiger partial charge in [0.2, 0.25) is 10.0 Å². The molecule has 0 aliphatic heterocycles. The first-order chi connectivity index (χ1) is 8.53. The maximum absolute atomic E-state index is 11.9. The van der Waals surface area contributed by atoms with Gasteiger partial charge in [0.25, 0.3) is 0 Å². The number of rotatable bonds is 4. The van der Waals surface area contributed by atoms with Gasteiger partial charge in [-0.15, -0.1) is 0 Å². The van der Waals surface area contributed by atoms with Crippen molar-refractivity contribution in [2.45, 2.75) is 18.2 Å². The summed E-state index contributed by atoms with van der Waals surface area (Å²) in [6, 6.07) is 8.17. The van der Waals surface area contributed by atoms with Crippen molar-refractivity contribution >= 4 is 32.5 Å². The third kappa shape index (κ3) is 2.80. The topological polar surface area (TPSA) is 59.1 Å². The van der Waals surface area contributed by atoms with Crippen molar-refractivity contribution in [3.8, 4) is 0 Å². The Balaban J connectivity index is 2.44. The molecule has 0 fully saturated rings. The number of nitrogens with one attached hydrogen (secondary N) is 1. The first-order valence-corrected chi connectivity index (χ1v) is 7.45. The summed E-state index contributed by atoms with van der Waals surface area (Å²) in [4.78, 5) is 4.35. The van der Waals surface area contributed by atoms with Gasteiger partial charge in [-0.2, -0.15) is 0 Å². The number of halogens is 1. The molecule has 6 heteroatoms. The molecule has 4 nitrogen and oxygen atoms in total. The molecule has 0 spiro atoms. The van der Waals surface area contributed by atoms with E-state index in [0.29, 0.717) is 17.2 Å². The number of pyridine rings is 1. The molecule has 96 valence electrons. The van der Waals surface area contributed by atoms with Crippen molar-refractivity contribution in [1.82, 2.24) is 9.71 Å². The first kappa shape index (κ1) is 13.3. The lowest BCUT2D eigenvalue weighted by Gasteiger charge is -2.06. The number of benzene rings is 1.